The van der Waals surface area contributed by atoms with Gasteiger partial charge in [-0.05, 0) is 50.2 Å². The van der Waals surface area contributed by atoms with Crippen LogP contribution in [0.15, 0.2) is 24.3 Å². The average Bonchev–Trinajstić information content (AvgIpc) is 3.26. The summed E-state index contributed by atoms with van der Waals surface area (Å²) in [6.07, 6.45) is 7.90. The molecule has 0 spiro atoms. The first-order chi connectivity index (χ1) is 9.38. The van der Waals surface area contributed by atoms with Crippen molar-refractivity contribution in [1.29, 1.82) is 0 Å². The molecule has 1 saturated carbocycles. The Labute approximate surface area is 117 Å². The van der Waals surface area contributed by atoms with Crippen LogP contribution in [0.4, 0.5) is 5.69 Å². The van der Waals surface area contributed by atoms with Gasteiger partial charge in [0.25, 0.3) is 0 Å². The lowest BCUT2D eigenvalue weighted by Gasteiger charge is -2.33. The van der Waals surface area contributed by atoms with Crippen LogP contribution in [0.3, 0.4) is 0 Å². The van der Waals surface area contributed by atoms with E-state index < -0.39 is 0 Å². The number of para-hydroxylation sites is 1. The van der Waals surface area contributed by atoms with E-state index >= 15 is 0 Å². The lowest BCUT2D eigenvalue weighted by atomic mass is 10.1. The summed E-state index contributed by atoms with van der Waals surface area (Å²) in [5.41, 5.74) is 3.04. The highest BCUT2D eigenvalue weighted by Gasteiger charge is 2.25. The highest BCUT2D eigenvalue weighted by Crippen LogP contribution is 2.28. The first-order valence-corrected chi connectivity index (χ1v) is 7.96. The van der Waals surface area contributed by atoms with Crippen LogP contribution in [0.25, 0.3) is 0 Å². The molecule has 3 rings (SSSR count). The lowest BCUT2D eigenvalue weighted by molar-refractivity contribution is 0.512. The Morgan fingerprint density at radius 1 is 1.26 bits per heavy atom. The number of hydrogen-bond donors (Lipinski definition) is 1. The maximum Gasteiger partial charge on any atom is 0.0412 e. The van der Waals surface area contributed by atoms with E-state index in [0.29, 0.717) is 6.04 Å². The molecule has 0 aromatic heterocycles. The van der Waals surface area contributed by atoms with Gasteiger partial charge in [0.15, 0.2) is 0 Å². The lowest BCUT2D eigenvalue weighted by Crippen LogP contribution is -2.43. The summed E-state index contributed by atoms with van der Waals surface area (Å²) in [5, 5.41) is 3.71. The third-order valence-corrected chi connectivity index (χ3v) is 4.53. The Morgan fingerprint density at radius 3 is 2.89 bits per heavy atom. The van der Waals surface area contributed by atoms with Crippen molar-refractivity contribution in [2.45, 2.75) is 57.5 Å². The van der Waals surface area contributed by atoms with Crippen LogP contribution in [0, 0.1) is 0 Å². The van der Waals surface area contributed by atoms with Gasteiger partial charge in [-0.25, -0.2) is 0 Å². The van der Waals surface area contributed by atoms with Crippen molar-refractivity contribution in [2.75, 3.05) is 18.0 Å². The Hall–Kier alpha value is -1.02. The Kier molecular flexibility index (Phi) is 4.07. The van der Waals surface area contributed by atoms with E-state index in [1.54, 1.807) is 5.56 Å². The molecule has 0 amide bonds. The minimum absolute atomic E-state index is 0.653. The van der Waals surface area contributed by atoms with Crippen LogP contribution in [0.1, 0.15) is 44.6 Å². The number of benzene rings is 1. The smallest absolute Gasteiger partial charge is 0.0412 e. The van der Waals surface area contributed by atoms with E-state index in [-0.39, 0.29) is 0 Å². The highest BCUT2D eigenvalue weighted by atomic mass is 15.2. The first kappa shape index (κ1) is 13.0. The van der Waals surface area contributed by atoms with Crippen molar-refractivity contribution >= 4 is 5.69 Å². The molecule has 1 N–H and O–H groups in total. The number of hydrogen-bond acceptors (Lipinski definition) is 2. The van der Waals surface area contributed by atoms with Gasteiger partial charge in [-0.3, -0.25) is 0 Å². The molecule has 0 saturated heterocycles. The number of rotatable bonds is 5. The molecule has 2 aliphatic rings. The summed E-state index contributed by atoms with van der Waals surface area (Å²) >= 11 is 0. The molecule has 2 heteroatoms. The minimum atomic E-state index is 0.653. The van der Waals surface area contributed by atoms with E-state index in [4.69, 9.17) is 0 Å². The maximum absolute atomic E-state index is 3.71. The molecule has 1 heterocycles. The normalized spacial score (nSPS) is 20.8. The molecule has 2 nitrogen and oxygen atoms in total. The van der Waals surface area contributed by atoms with Gasteiger partial charge >= 0.3 is 0 Å². The third kappa shape index (κ3) is 3.11. The zero-order valence-electron chi connectivity index (χ0n) is 12.1. The van der Waals surface area contributed by atoms with Crippen molar-refractivity contribution in [1.82, 2.24) is 5.32 Å². The van der Waals surface area contributed by atoms with Crippen molar-refractivity contribution in [3.05, 3.63) is 29.8 Å². The number of anilines is 1. The summed E-state index contributed by atoms with van der Waals surface area (Å²) in [6, 6.07) is 10.5. The van der Waals surface area contributed by atoms with Crippen LogP contribution >= 0.6 is 0 Å². The summed E-state index contributed by atoms with van der Waals surface area (Å²) in [4.78, 5) is 2.66. The van der Waals surface area contributed by atoms with Crippen LogP contribution in [0.5, 0.6) is 0 Å². The predicted molar refractivity (Wildman–Crippen MR) is 81.8 cm³/mol. The van der Waals surface area contributed by atoms with E-state index in [1.165, 1.54) is 50.8 Å². The van der Waals surface area contributed by atoms with E-state index in [1.807, 2.05) is 0 Å². The van der Waals surface area contributed by atoms with Crippen LogP contribution in [0.2, 0.25) is 0 Å². The van der Waals surface area contributed by atoms with Crippen molar-refractivity contribution < 1.29 is 0 Å². The van der Waals surface area contributed by atoms with Gasteiger partial charge in [-0.2, -0.15) is 0 Å². The third-order valence-electron chi connectivity index (χ3n) is 4.53. The standard InChI is InChI=1S/C17H26N2/c1-2-16(13-18-15-10-11-15)19-12-6-5-8-14-7-3-4-9-17(14)19/h3-4,7,9,15-16,18H,2,5-6,8,10-13H2,1H3. The molecule has 0 radical (unpaired) electrons. The van der Waals surface area contributed by atoms with Crippen LogP contribution in [-0.2, 0) is 6.42 Å². The van der Waals surface area contributed by atoms with Crippen molar-refractivity contribution in [3.63, 3.8) is 0 Å². The first-order valence-electron chi connectivity index (χ1n) is 7.96. The average molecular weight is 258 g/mol. The Morgan fingerprint density at radius 2 is 2.11 bits per heavy atom. The van der Waals surface area contributed by atoms with Gasteiger partial charge in [-0.1, -0.05) is 25.1 Å². The Balaban J connectivity index is 1.76. The topological polar surface area (TPSA) is 15.3 Å². The molecule has 0 bridgehead atoms. The molecular formula is C17H26N2. The van der Waals surface area contributed by atoms with Crippen molar-refractivity contribution in [3.8, 4) is 0 Å². The molecule has 104 valence electrons. The summed E-state index contributed by atoms with van der Waals surface area (Å²) in [6.45, 7) is 4.70. The number of fused-ring (bicyclic) bond motifs is 1. The minimum Gasteiger partial charge on any atom is -0.367 e. The van der Waals surface area contributed by atoms with Crippen molar-refractivity contribution in [2.24, 2.45) is 0 Å². The highest BCUT2D eigenvalue weighted by molar-refractivity contribution is 5.55. The molecule has 19 heavy (non-hydrogen) atoms. The fraction of sp³-hybridized carbons (Fsp3) is 0.647. The number of nitrogens with zero attached hydrogens (tertiary/aromatic N) is 1. The van der Waals surface area contributed by atoms with Gasteiger partial charge < -0.3 is 10.2 Å². The number of aryl methyl sites for hydroxylation is 1. The second kappa shape index (κ2) is 5.96. The zero-order chi connectivity index (χ0) is 13.1. The molecule has 1 aromatic rings. The molecule has 1 aliphatic heterocycles. The molecule has 1 fully saturated rings. The summed E-state index contributed by atoms with van der Waals surface area (Å²) in [7, 11) is 0. The van der Waals surface area contributed by atoms with E-state index in [0.717, 1.165) is 12.6 Å². The molecule has 1 aliphatic carbocycles. The second-order valence-corrected chi connectivity index (χ2v) is 6.02. The number of nitrogens with one attached hydrogen (secondary N) is 1. The predicted octanol–water partition coefficient (Wildman–Crippen LogP) is 3.36. The van der Waals surface area contributed by atoms with Gasteiger partial charge in [0.2, 0.25) is 0 Å². The maximum atomic E-state index is 3.71. The largest absolute Gasteiger partial charge is 0.367 e. The summed E-state index contributed by atoms with van der Waals surface area (Å²) < 4.78 is 0. The van der Waals surface area contributed by atoms with E-state index in [9.17, 15) is 0 Å². The fourth-order valence-electron chi connectivity index (χ4n) is 3.16. The SMILES string of the molecule is CCC(CNC1CC1)N1CCCCc2ccccc21. The van der Waals surface area contributed by atoms with Crippen LogP contribution < -0.4 is 10.2 Å². The van der Waals surface area contributed by atoms with Gasteiger partial charge in [-0.15, -0.1) is 0 Å². The second-order valence-electron chi connectivity index (χ2n) is 6.02. The molecular weight excluding hydrogens is 232 g/mol. The van der Waals surface area contributed by atoms with Gasteiger partial charge in [0, 0.05) is 30.9 Å². The fourth-order valence-corrected chi connectivity index (χ4v) is 3.16. The van der Waals surface area contributed by atoms with Gasteiger partial charge in [0.1, 0.15) is 0 Å². The monoisotopic (exact) mass is 258 g/mol. The summed E-state index contributed by atoms with van der Waals surface area (Å²) in [5.74, 6) is 0. The molecule has 1 unspecified atom stereocenters. The zero-order valence-corrected chi connectivity index (χ0v) is 12.1. The quantitative estimate of drug-likeness (QED) is 0.871. The molecule has 1 aromatic carbocycles. The van der Waals surface area contributed by atoms with Gasteiger partial charge in [0.05, 0.1) is 0 Å². The van der Waals surface area contributed by atoms with E-state index in [2.05, 4.69) is 41.4 Å². The Bertz CT molecular complexity index is 411. The molecule has 1 atom stereocenters. The van der Waals surface area contributed by atoms with Crippen LogP contribution in [-0.4, -0.2) is 25.2 Å².